The van der Waals surface area contributed by atoms with Crippen molar-refractivity contribution in [3.63, 3.8) is 0 Å². The van der Waals surface area contributed by atoms with Crippen molar-refractivity contribution in [2.45, 2.75) is 39.0 Å². The number of amides is 2. The molecular formula is C19H26N2O3. The smallest absolute Gasteiger partial charge is 0.317 e. The predicted molar refractivity (Wildman–Crippen MR) is 92.0 cm³/mol. The third-order valence-corrected chi connectivity index (χ3v) is 5.79. The van der Waals surface area contributed by atoms with E-state index in [9.17, 15) is 14.7 Å². The minimum Gasteiger partial charge on any atom is -0.481 e. The van der Waals surface area contributed by atoms with Crippen LogP contribution in [-0.4, -0.2) is 41.6 Å². The molecule has 1 aliphatic carbocycles. The Balaban J connectivity index is 1.56. The number of hydrogen-bond acceptors (Lipinski definition) is 2. The maximum atomic E-state index is 12.5. The van der Waals surface area contributed by atoms with Gasteiger partial charge in [0.2, 0.25) is 0 Å². The summed E-state index contributed by atoms with van der Waals surface area (Å²) in [5, 5.41) is 12.6. The molecule has 5 heteroatoms. The Hall–Kier alpha value is -2.04. The lowest BCUT2D eigenvalue weighted by Gasteiger charge is -2.24. The molecular weight excluding hydrogens is 304 g/mol. The fourth-order valence-corrected chi connectivity index (χ4v) is 4.16. The molecule has 24 heavy (non-hydrogen) atoms. The van der Waals surface area contributed by atoms with Crippen molar-refractivity contribution in [1.29, 1.82) is 0 Å². The van der Waals surface area contributed by atoms with Crippen molar-refractivity contribution in [2.24, 2.45) is 11.3 Å². The first kappa shape index (κ1) is 16.8. The number of benzene rings is 1. The quantitative estimate of drug-likeness (QED) is 0.891. The van der Waals surface area contributed by atoms with Gasteiger partial charge in [-0.1, -0.05) is 43.2 Å². The molecule has 130 valence electrons. The van der Waals surface area contributed by atoms with Crippen LogP contribution in [0.2, 0.25) is 0 Å². The average molecular weight is 330 g/mol. The van der Waals surface area contributed by atoms with E-state index in [-0.39, 0.29) is 17.9 Å². The summed E-state index contributed by atoms with van der Waals surface area (Å²) in [5.41, 5.74) is 1.71. The predicted octanol–water partition coefficient (Wildman–Crippen LogP) is 2.99. The lowest BCUT2D eigenvalue weighted by Crippen LogP contribution is -2.42. The standard InChI is InChI=1S/C19H26N2O3/c1-13-5-7-15(8-6-13)14(2)10-20-18(24)21-11-16-4-3-9-19(16,12-21)17(22)23/h5-8,14,16H,3-4,9-12H2,1-2H3,(H,20,24)(H,22,23)/t14?,16-,19+/m0/s1. The summed E-state index contributed by atoms with van der Waals surface area (Å²) in [4.78, 5) is 25.8. The van der Waals surface area contributed by atoms with E-state index in [0.29, 0.717) is 26.1 Å². The van der Waals surface area contributed by atoms with E-state index in [1.165, 1.54) is 11.1 Å². The highest BCUT2D eigenvalue weighted by Gasteiger charge is 2.55. The van der Waals surface area contributed by atoms with Gasteiger partial charge in [0.1, 0.15) is 0 Å². The molecule has 0 spiro atoms. The molecule has 2 amide bonds. The summed E-state index contributed by atoms with van der Waals surface area (Å²) in [7, 11) is 0. The van der Waals surface area contributed by atoms with Crippen LogP contribution >= 0.6 is 0 Å². The van der Waals surface area contributed by atoms with Gasteiger partial charge >= 0.3 is 12.0 Å². The number of carboxylic acid groups (broad SMARTS) is 1. The SMILES string of the molecule is Cc1ccc(C(C)CNC(=O)N2C[C@@H]3CCC[C@@]3(C(=O)O)C2)cc1. The molecule has 0 radical (unpaired) electrons. The Morgan fingerprint density at radius 2 is 2.08 bits per heavy atom. The summed E-state index contributed by atoms with van der Waals surface area (Å²) in [6.07, 6.45) is 2.56. The van der Waals surface area contributed by atoms with E-state index in [4.69, 9.17) is 0 Å². The zero-order chi connectivity index (χ0) is 17.3. The lowest BCUT2D eigenvalue weighted by atomic mass is 9.81. The van der Waals surface area contributed by atoms with Crippen LogP contribution in [0.25, 0.3) is 0 Å². The fourth-order valence-electron chi connectivity index (χ4n) is 4.16. The molecule has 1 aromatic carbocycles. The number of rotatable bonds is 4. The molecule has 1 unspecified atom stereocenters. The average Bonchev–Trinajstić information content (AvgIpc) is 3.11. The second-order valence-electron chi connectivity index (χ2n) is 7.43. The number of nitrogens with zero attached hydrogens (tertiary/aromatic N) is 1. The fraction of sp³-hybridized carbons (Fsp3) is 0.579. The Labute approximate surface area is 143 Å². The van der Waals surface area contributed by atoms with E-state index in [0.717, 1.165) is 12.8 Å². The summed E-state index contributed by atoms with van der Waals surface area (Å²) in [5.74, 6) is -0.409. The number of carboxylic acids is 1. The zero-order valence-electron chi connectivity index (χ0n) is 14.4. The molecule has 2 fully saturated rings. The Bertz CT molecular complexity index is 628. The van der Waals surface area contributed by atoms with E-state index in [1.807, 2.05) is 0 Å². The molecule has 1 aliphatic heterocycles. The van der Waals surface area contributed by atoms with Crippen LogP contribution in [-0.2, 0) is 4.79 Å². The van der Waals surface area contributed by atoms with Crippen LogP contribution in [0.1, 0.15) is 43.2 Å². The molecule has 1 heterocycles. The van der Waals surface area contributed by atoms with E-state index >= 15 is 0 Å². The number of likely N-dealkylation sites (tertiary alicyclic amines) is 1. The Kier molecular flexibility index (Phi) is 4.52. The molecule has 3 atom stereocenters. The first-order valence-corrected chi connectivity index (χ1v) is 8.75. The molecule has 0 aromatic heterocycles. The van der Waals surface area contributed by atoms with Gasteiger partial charge in [-0.05, 0) is 37.2 Å². The van der Waals surface area contributed by atoms with Gasteiger partial charge in [-0.2, -0.15) is 0 Å². The summed E-state index contributed by atoms with van der Waals surface area (Å²) in [6, 6.07) is 8.19. The van der Waals surface area contributed by atoms with Crippen molar-refractivity contribution < 1.29 is 14.7 Å². The third kappa shape index (κ3) is 2.99. The monoisotopic (exact) mass is 330 g/mol. The number of carbonyl (C=O) groups is 2. The van der Waals surface area contributed by atoms with Crippen LogP contribution < -0.4 is 5.32 Å². The highest BCUT2D eigenvalue weighted by atomic mass is 16.4. The molecule has 3 rings (SSSR count). The van der Waals surface area contributed by atoms with Crippen LogP contribution in [0.4, 0.5) is 4.79 Å². The van der Waals surface area contributed by atoms with E-state index < -0.39 is 11.4 Å². The van der Waals surface area contributed by atoms with Gasteiger partial charge < -0.3 is 15.3 Å². The van der Waals surface area contributed by atoms with E-state index in [2.05, 4.69) is 43.4 Å². The number of urea groups is 1. The maximum Gasteiger partial charge on any atom is 0.317 e. The zero-order valence-corrected chi connectivity index (χ0v) is 14.4. The molecule has 0 bridgehead atoms. The minimum absolute atomic E-state index is 0.107. The van der Waals surface area contributed by atoms with Crippen molar-refractivity contribution in [3.8, 4) is 0 Å². The number of aliphatic carboxylic acids is 1. The largest absolute Gasteiger partial charge is 0.481 e. The third-order valence-electron chi connectivity index (χ3n) is 5.79. The topological polar surface area (TPSA) is 69.6 Å². The molecule has 1 aromatic rings. The van der Waals surface area contributed by atoms with Crippen LogP contribution in [0.5, 0.6) is 0 Å². The lowest BCUT2D eigenvalue weighted by molar-refractivity contribution is -0.149. The Morgan fingerprint density at radius 1 is 1.38 bits per heavy atom. The van der Waals surface area contributed by atoms with Crippen molar-refractivity contribution in [1.82, 2.24) is 10.2 Å². The van der Waals surface area contributed by atoms with Crippen molar-refractivity contribution in [2.75, 3.05) is 19.6 Å². The number of fused-ring (bicyclic) bond motifs is 1. The first-order valence-electron chi connectivity index (χ1n) is 8.75. The number of hydrogen-bond donors (Lipinski definition) is 2. The van der Waals surface area contributed by atoms with E-state index in [1.54, 1.807) is 4.90 Å². The van der Waals surface area contributed by atoms with Gasteiger partial charge in [0.15, 0.2) is 0 Å². The van der Waals surface area contributed by atoms with Crippen LogP contribution in [0.3, 0.4) is 0 Å². The highest BCUT2D eigenvalue weighted by Crippen LogP contribution is 2.48. The first-order chi connectivity index (χ1) is 11.4. The molecule has 1 saturated heterocycles. The molecule has 5 nitrogen and oxygen atoms in total. The summed E-state index contributed by atoms with van der Waals surface area (Å²) in [6.45, 7) is 5.61. The summed E-state index contributed by atoms with van der Waals surface area (Å²) >= 11 is 0. The van der Waals surface area contributed by atoms with Crippen LogP contribution in [0, 0.1) is 18.3 Å². The normalized spacial score (nSPS) is 26.9. The van der Waals surface area contributed by atoms with Gasteiger partial charge in [0.25, 0.3) is 0 Å². The second-order valence-corrected chi connectivity index (χ2v) is 7.43. The highest BCUT2D eigenvalue weighted by molar-refractivity contribution is 5.80. The van der Waals surface area contributed by atoms with Gasteiger partial charge in [-0.25, -0.2) is 4.79 Å². The van der Waals surface area contributed by atoms with Crippen molar-refractivity contribution >= 4 is 12.0 Å². The van der Waals surface area contributed by atoms with Gasteiger partial charge in [-0.15, -0.1) is 0 Å². The number of nitrogens with one attached hydrogen (secondary N) is 1. The molecule has 1 saturated carbocycles. The van der Waals surface area contributed by atoms with Crippen LogP contribution in [0.15, 0.2) is 24.3 Å². The second kappa shape index (κ2) is 6.46. The molecule has 2 aliphatic rings. The summed E-state index contributed by atoms with van der Waals surface area (Å²) < 4.78 is 0. The molecule has 2 N–H and O–H groups in total. The maximum absolute atomic E-state index is 12.5. The van der Waals surface area contributed by atoms with Crippen molar-refractivity contribution in [3.05, 3.63) is 35.4 Å². The minimum atomic E-state index is -0.742. The number of carbonyl (C=O) groups excluding carboxylic acids is 1. The van der Waals surface area contributed by atoms with Gasteiger partial charge in [0.05, 0.1) is 5.41 Å². The van der Waals surface area contributed by atoms with Gasteiger partial charge in [-0.3, -0.25) is 4.79 Å². The number of aryl methyl sites for hydroxylation is 1. The Morgan fingerprint density at radius 3 is 2.71 bits per heavy atom. The van der Waals surface area contributed by atoms with Gasteiger partial charge in [0, 0.05) is 19.6 Å².